The van der Waals surface area contributed by atoms with Gasteiger partial charge in [-0.1, -0.05) is 5.57 Å². The van der Waals surface area contributed by atoms with E-state index in [0.29, 0.717) is 11.7 Å². The van der Waals surface area contributed by atoms with Gasteiger partial charge in [-0.2, -0.15) is 0 Å². The third kappa shape index (κ3) is 0.716. The Morgan fingerprint density at radius 1 is 1.56 bits per heavy atom. The highest BCUT2D eigenvalue weighted by molar-refractivity contribution is 5.93. The van der Waals surface area contributed by atoms with Crippen molar-refractivity contribution in [2.45, 2.75) is 25.7 Å². The van der Waals surface area contributed by atoms with Gasteiger partial charge in [-0.25, -0.2) is 0 Å². The van der Waals surface area contributed by atoms with E-state index in [2.05, 4.69) is 0 Å². The zero-order chi connectivity index (χ0) is 6.27. The molecule has 1 nitrogen and oxygen atoms in total. The van der Waals surface area contributed by atoms with Crippen molar-refractivity contribution < 1.29 is 4.79 Å². The molecule has 0 aliphatic heterocycles. The molecule has 2 aliphatic rings. The van der Waals surface area contributed by atoms with Crippen LogP contribution in [-0.2, 0) is 4.79 Å². The summed E-state index contributed by atoms with van der Waals surface area (Å²) in [6.07, 6.45) is 6.44. The molecule has 0 aromatic carbocycles. The molecule has 0 bridgehead atoms. The van der Waals surface area contributed by atoms with Crippen molar-refractivity contribution in [1.82, 2.24) is 0 Å². The van der Waals surface area contributed by atoms with Gasteiger partial charge in [0.05, 0.1) is 0 Å². The van der Waals surface area contributed by atoms with E-state index in [1.165, 1.54) is 24.8 Å². The normalized spacial score (nSPS) is 32.7. The average Bonchev–Trinajstić information content (AvgIpc) is 2.22. The number of allylic oxidation sites excluding steroid dienone is 2. The molecular weight excluding hydrogens is 112 g/mol. The van der Waals surface area contributed by atoms with Gasteiger partial charge in [0.25, 0.3) is 0 Å². The second kappa shape index (κ2) is 1.69. The fourth-order valence-electron chi connectivity index (χ4n) is 1.87. The fraction of sp³-hybridized carbons (Fsp3) is 0.625. The lowest BCUT2D eigenvalue weighted by Crippen LogP contribution is -1.93. The Morgan fingerprint density at radius 2 is 2.44 bits per heavy atom. The van der Waals surface area contributed by atoms with Crippen molar-refractivity contribution >= 4 is 5.78 Å². The molecule has 9 heavy (non-hydrogen) atoms. The minimum Gasteiger partial charge on any atom is -0.295 e. The zero-order valence-corrected chi connectivity index (χ0v) is 5.39. The lowest BCUT2D eigenvalue weighted by molar-refractivity contribution is -0.114. The van der Waals surface area contributed by atoms with Crippen LogP contribution in [0.15, 0.2) is 11.6 Å². The van der Waals surface area contributed by atoms with Crippen LogP contribution in [-0.4, -0.2) is 5.78 Å². The van der Waals surface area contributed by atoms with Crippen LogP contribution in [0.1, 0.15) is 25.7 Å². The van der Waals surface area contributed by atoms with Crippen LogP contribution >= 0.6 is 0 Å². The molecule has 0 aromatic heterocycles. The van der Waals surface area contributed by atoms with Crippen molar-refractivity contribution in [2.75, 3.05) is 0 Å². The first-order chi connectivity index (χ1) is 4.36. The minimum absolute atomic E-state index is 0.356. The Bertz CT molecular complexity index is 179. The molecule has 1 fully saturated rings. The molecule has 1 saturated carbocycles. The first-order valence-corrected chi connectivity index (χ1v) is 3.59. The van der Waals surface area contributed by atoms with Crippen molar-refractivity contribution in [3.8, 4) is 0 Å². The van der Waals surface area contributed by atoms with E-state index in [1.807, 2.05) is 6.08 Å². The highest BCUT2D eigenvalue weighted by Crippen LogP contribution is 2.37. The second-order valence-electron chi connectivity index (χ2n) is 2.98. The number of carbonyl (C=O) groups excluding carboxylic acids is 1. The molecular formula is C8H10O. The lowest BCUT2D eigenvalue weighted by atomic mass is 10.1. The smallest absolute Gasteiger partial charge is 0.156 e. The topological polar surface area (TPSA) is 17.1 Å². The maximum Gasteiger partial charge on any atom is 0.156 e. The summed E-state index contributed by atoms with van der Waals surface area (Å²) in [5, 5.41) is 0. The fourth-order valence-corrected chi connectivity index (χ4v) is 1.87. The third-order valence-electron chi connectivity index (χ3n) is 2.34. The number of fused-ring (bicyclic) bond motifs is 1. The predicted octanol–water partition coefficient (Wildman–Crippen LogP) is 1.69. The molecule has 48 valence electrons. The molecule has 0 aromatic rings. The number of hydrogen-bond donors (Lipinski definition) is 0. The first-order valence-electron chi connectivity index (χ1n) is 3.59. The maximum absolute atomic E-state index is 10.8. The van der Waals surface area contributed by atoms with E-state index in [4.69, 9.17) is 0 Å². The molecule has 1 heteroatoms. The Hall–Kier alpha value is -0.590. The Labute approximate surface area is 54.8 Å². The van der Waals surface area contributed by atoms with Gasteiger partial charge in [0.1, 0.15) is 0 Å². The summed E-state index contributed by atoms with van der Waals surface area (Å²) < 4.78 is 0. The Kier molecular flexibility index (Phi) is 0.981. The Balaban J connectivity index is 2.27. The van der Waals surface area contributed by atoms with E-state index in [1.54, 1.807) is 0 Å². The van der Waals surface area contributed by atoms with Gasteiger partial charge in [-0.15, -0.1) is 0 Å². The van der Waals surface area contributed by atoms with Crippen LogP contribution in [0.2, 0.25) is 0 Å². The monoisotopic (exact) mass is 122 g/mol. The highest BCUT2D eigenvalue weighted by atomic mass is 16.1. The van der Waals surface area contributed by atoms with E-state index < -0.39 is 0 Å². The third-order valence-corrected chi connectivity index (χ3v) is 2.34. The Morgan fingerprint density at radius 3 is 3.22 bits per heavy atom. The van der Waals surface area contributed by atoms with Crippen molar-refractivity contribution in [3.05, 3.63) is 11.6 Å². The number of carbonyl (C=O) groups is 1. The molecule has 0 spiro atoms. The molecule has 1 atom stereocenters. The van der Waals surface area contributed by atoms with Gasteiger partial charge in [-0.3, -0.25) is 4.79 Å². The summed E-state index contributed by atoms with van der Waals surface area (Å²) in [5.74, 6) is 1.02. The molecule has 0 amide bonds. The molecule has 2 rings (SSSR count). The van der Waals surface area contributed by atoms with Crippen LogP contribution in [0.25, 0.3) is 0 Å². The van der Waals surface area contributed by atoms with Crippen LogP contribution in [0.5, 0.6) is 0 Å². The van der Waals surface area contributed by atoms with Gasteiger partial charge >= 0.3 is 0 Å². The summed E-state index contributed by atoms with van der Waals surface area (Å²) in [6, 6.07) is 0. The van der Waals surface area contributed by atoms with Crippen LogP contribution in [0, 0.1) is 5.92 Å². The molecule has 0 radical (unpaired) electrons. The SMILES string of the molecule is O=C1C=C2CCC[C@H]2C1. The molecule has 0 heterocycles. The summed E-state index contributed by atoms with van der Waals surface area (Å²) in [7, 11) is 0. The van der Waals surface area contributed by atoms with Crippen molar-refractivity contribution in [3.63, 3.8) is 0 Å². The average molecular weight is 122 g/mol. The molecule has 0 saturated heterocycles. The number of rotatable bonds is 0. The molecule has 2 aliphatic carbocycles. The number of hydrogen-bond acceptors (Lipinski definition) is 1. The predicted molar refractivity (Wildman–Crippen MR) is 35.0 cm³/mol. The van der Waals surface area contributed by atoms with Gasteiger partial charge in [0.2, 0.25) is 0 Å². The first kappa shape index (κ1) is 5.21. The maximum atomic E-state index is 10.8. The van der Waals surface area contributed by atoms with Gasteiger partial charge in [0.15, 0.2) is 5.78 Å². The van der Waals surface area contributed by atoms with Crippen molar-refractivity contribution in [2.24, 2.45) is 5.92 Å². The quantitative estimate of drug-likeness (QED) is 0.477. The van der Waals surface area contributed by atoms with Gasteiger partial charge < -0.3 is 0 Å². The van der Waals surface area contributed by atoms with E-state index in [9.17, 15) is 4.79 Å². The van der Waals surface area contributed by atoms with E-state index in [-0.39, 0.29) is 0 Å². The minimum atomic E-state index is 0.356. The van der Waals surface area contributed by atoms with Crippen LogP contribution in [0.3, 0.4) is 0 Å². The highest BCUT2D eigenvalue weighted by Gasteiger charge is 2.28. The standard InChI is InChI=1S/C8H10O/c9-8-4-6-2-1-3-7(6)5-8/h4,7H,1-3,5H2/t7-/m0/s1. The number of ketones is 1. The molecule has 0 N–H and O–H groups in total. The summed E-state index contributed by atoms with van der Waals surface area (Å²) in [6.45, 7) is 0. The second-order valence-corrected chi connectivity index (χ2v) is 2.98. The molecule has 0 unspecified atom stereocenters. The van der Waals surface area contributed by atoms with Gasteiger partial charge in [0, 0.05) is 6.42 Å². The van der Waals surface area contributed by atoms with Crippen LogP contribution < -0.4 is 0 Å². The van der Waals surface area contributed by atoms with E-state index >= 15 is 0 Å². The van der Waals surface area contributed by atoms with Gasteiger partial charge in [-0.05, 0) is 31.3 Å². The summed E-state index contributed by atoms with van der Waals surface area (Å²) in [4.78, 5) is 10.8. The summed E-state index contributed by atoms with van der Waals surface area (Å²) >= 11 is 0. The van der Waals surface area contributed by atoms with Crippen molar-refractivity contribution in [1.29, 1.82) is 0 Å². The lowest BCUT2D eigenvalue weighted by Gasteiger charge is -1.97. The zero-order valence-electron chi connectivity index (χ0n) is 5.39. The summed E-state index contributed by atoms with van der Waals surface area (Å²) in [5.41, 5.74) is 1.43. The largest absolute Gasteiger partial charge is 0.295 e. The van der Waals surface area contributed by atoms with E-state index in [0.717, 1.165) is 6.42 Å². The van der Waals surface area contributed by atoms with Crippen LogP contribution in [0.4, 0.5) is 0 Å².